The summed E-state index contributed by atoms with van der Waals surface area (Å²) < 4.78 is 0. The van der Waals surface area contributed by atoms with Gasteiger partial charge in [0.2, 0.25) is 0 Å². The fourth-order valence-corrected chi connectivity index (χ4v) is 3.14. The summed E-state index contributed by atoms with van der Waals surface area (Å²) in [4.78, 5) is 10.6. The Hall–Kier alpha value is -1.29. The highest BCUT2D eigenvalue weighted by molar-refractivity contribution is 6.33. The van der Waals surface area contributed by atoms with E-state index in [2.05, 4.69) is 33.0 Å². The van der Waals surface area contributed by atoms with Gasteiger partial charge in [-0.2, -0.15) is 0 Å². The van der Waals surface area contributed by atoms with Crippen LogP contribution in [0.4, 0.5) is 11.4 Å². The molecule has 1 aliphatic carbocycles. The van der Waals surface area contributed by atoms with E-state index >= 15 is 0 Å². The number of hydrogen-bond donors (Lipinski definition) is 1. The van der Waals surface area contributed by atoms with Crippen molar-refractivity contribution in [3.05, 3.63) is 33.3 Å². The Morgan fingerprint density at radius 3 is 2.37 bits per heavy atom. The minimum Gasteiger partial charge on any atom is -0.379 e. The van der Waals surface area contributed by atoms with Gasteiger partial charge in [0.1, 0.15) is 10.7 Å². The molecule has 0 amide bonds. The molecule has 0 heterocycles. The molecule has 19 heavy (non-hydrogen) atoms. The zero-order chi connectivity index (χ0) is 14.4. The molecule has 2 rings (SSSR count). The summed E-state index contributed by atoms with van der Waals surface area (Å²) in [6, 6.07) is 4.96. The Kier molecular flexibility index (Phi) is 3.25. The first kappa shape index (κ1) is 14.1. The second kappa shape index (κ2) is 4.37. The van der Waals surface area contributed by atoms with Crippen LogP contribution in [0, 0.1) is 26.9 Å². The molecule has 0 aromatic heterocycles. The Morgan fingerprint density at radius 1 is 1.32 bits per heavy atom. The molecule has 0 unspecified atom stereocenters. The molecule has 0 saturated heterocycles. The lowest BCUT2D eigenvalue weighted by Gasteiger charge is -2.09. The summed E-state index contributed by atoms with van der Waals surface area (Å²) in [5.41, 5.74) is 0.970. The molecule has 0 spiro atoms. The van der Waals surface area contributed by atoms with Gasteiger partial charge in [-0.1, -0.05) is 45.4 Å². The molecule has 1 fully saturated rings. The number of para-hydroxylation sites is 1. The van der Waals surface area contributed by atoms with Gasteiger partial charge in [0.25, 0.3) is 0 Å². The highest BCUT2D eigenvalue weighted by Gasteiger charge is 2.64. The molecule has 1 aromatic carbocycles. The van der Waals surface area contributed by atoms with Crippen LogP contribution in [-0.4, -0.2) is 11.5 Å². The number of halogens is 1. The van der Waals surface area contributed by atoms with Crippen LogP contribution in [0.5, 0.6) is 0 Å². The number of benzene rings is 1. The van der Waals surface area contributed by atoms with E-state index in [0.717, 1.165) is 6.54 Å². The fraction of sp³-hybridized carbons (Fsp3) is 0.571. The summed E-state index contributed by atoms with van der Waals surface area (Å²) in [7, 11) is 0. The van der Waals surface area contributed by atoms with Crippen LogP contribution in [-0.2, 0) is 0 Å². The van der Waals surface area contributed by atoms with Crippen molar-refractivity contribution in [1.29, 1.82) is 0 Å². The van der Waals surface area contributed by atoms with E-state index in [1.807, 2.05) is 0 Å². The van der Waals surface area contributed by atoms with E-state index in [-0.39, 0.29) is 21.5 Å². The molecular weight excluding hydrogens is 264 g/mol. The van der Waals surface area contributed by atoms with Gasteiger partial charge in [0.05, 0.1) is 4.92 Å². The first-order chi connectivity index (χ1) is 8.69. The summed E-state index contributed by atoms with van der Waals surface area (Å²) in [6.07, 6.45) is 0. The molecule has 1 N–H and O–H groups in total. The van der Waals surface area contributed by atoms with E-state index in [0.29, 0.717) is 11.6 Å². The van der Waals surface area contributed by atoms with Gasteiger partial charge < -0.3 is 5.32 Å². The van der Waals surface area contributed by atoms with E-state index in [9.17, 15) is 10.1 Å². The maximum Gasteiger partial charge on any atom is 0.310 e. The molecule has 0 aliphatic heterocycles. The lowest BCUT2D eigenvalue weighted by atomic mass is 10.0. The second-order valence-electron chi connectivity index (χ2n) is 6.27. The van der Waals surface area contributed by atoms with Crippen molar-refractivity contribution in [3.8, 4) is 0 Å². The molecule has 104 valence electrons. The highest BCUT2D eigenvalue weighted by atomic mass is 35.5. The Balaban J connectivity index is 2.14. The van der Waals surface area contributed by atoms with Crippen LogP contribution in [0.3, 0.4) is 0 Å². The van der Waals surface area contributed by atoms with Gasteiger partial charge in [-0.05, 0) is 28.9 Å². The van der Waals surface area contributed by atoms with Gasteiger partial charge >= 0.3 is 5.69 Å². The number of nitro benzene ring substituents is 1. The maximum absolute atomic E-state index is 11.0. The number of hydrogen-bond acceptors (Lipinski definition) is 3. The molecular formula is C14H19ClN2O2. The van der Waals surface area contributed by atoms with Gasteiger partial charge in [0, 0.05) is 6.54 Å². The quantitative estimate of drug-likeness (QED) is 0.660. The SMILES string of the molecule is CC1(C)C(CNc2cccc(Cl)c2[N+](=O)[O-])C1(C)C. The lowest BCUT2D eigenvalue weighted by molar-refractivity contribution is -0.383. The van der Waals surface area contributed by atoms with Crippen LogP contribution in [0.15, 0.2) is 18.2 Å². The summed E-state index contributed by atoms with van der Waals surface area (Å²) in [5.74, 6) is 0.499. The van der Waals surface area contributed by atoms with Crippen molar-refractivity contribution in [2.24, 2.45) is 16.7 Å². The van der Waals surface area contributed by atoms with E-state index < -0.39 is 4.92 Å². The first-order valence-corrected chi connectivity index (χ1v) is 6.74. The molecule has 4 nitrogen and oxygen atoms in total. The average Bonchev–Trinajstić information content (AvgIpc) is 2.66. The largest absolute Gasteiger partial charge is 0.379 e. The zero-order valence-electron chi connectivity index (χ0n) is 11.7. The minimum atomic E-state index is -0.437. The normalized spacial score (nSPS) is 20.1. The summed E-state index contributed by atoms with van der Waals surface area (Å²) >= 11 is 5.89. The van der Waals surface area contributed by atoms with E-state index in [1.165, 1.54) is 6.07 Å². The van der Waals surface area contributed by atoms with E-state index in [4.69, 9.17) is 11.6 Å². The Labute approximate surface area is 118 Å². The van der Waals surface area contributed by atoms with Crippen LogP contribution in [0.2, 0.25) is 5.02 Å². The van der Waals surface area contributed by atoms with Crippen LogP contribution in [0.25, 0.3) is 0 Å². The fourth-order valence-electron chi connectivity index (χ4n) is 2.90. The third-order valence-electron chi connectivity index (χ3n) is 4.99. The third-order valence-corrected chi connectivity index (χ3v) is 5.29. The summed E-state index contributed by atoms with van der Waals surface area (Å²) in [5, 5.41) is 14.4. The predicted molar refractivity (Wildman–Crippen MR) is 77.6 cm³/mol. The molecule has 1 aromatic rings. The standard InChI is InChI=1S/C14H19ClN2O2/c1-13(2)11(14(13,3)4)8-16-10-7-5-6-9(15)12(10)17(18)19/h5-7,11,16H,8H2,1-4H3. The van der Waals surface area contributed by atoms with Crippen molar-refractivity contribution in [1.82, 2.24) is 0 Å². The number of nitrogens with one attached hydrogen (secondary N) is 1. The van der Waals surface area contributed by atoms with Crippen LogP contribution >= 0.6 is 11.6 Å². The number of anilines is 1. The van der Waals surface area contributed by atoms with Crippen molar-refractivity contribution >= 4 is 23.0 Å². The van der Waals surface area contributed by atoms with Crippen molar-refractivity contribution in [2.45, 2.75) is 27.7 Å². The lowest BCUT2D eigenvalue weighted by Crippen LogP contribution is -2.09. The minimum absolute atomic E-state index is 0.0413. The van der Waals surface area contributed by atoms with Crippen molar-refractivity contribution < 1.29 is 4.92 Å². The second-order valence-corrected chi connectivity index (χ2v) is 6.68. The topological polar surface area (TPSA) is 55.2 Å². The number of nitrogens with zero attached hydrogens (tertiary/aromatic N) is 1. The monoisotopic (exact) mass is 282 g/mol. The van der Waals surface area contributed by atoms with Crippen LogP contribution in [0.1, 0.15) is 27.7 Å². The Morgan fingerprint density at radius 2 is 1.89 bits per heavy atom. The van der Waals surface area contributed by atoms with Gasteiger partial charge in [0.15, 0.2) is 0 Å². The van der Waals surface area contributed by atoms with Crippen molar-refractivity contribution in [3.63, 3.8) is 0 Å². The van der Waals surface area contributed by atoms with E-state index in [1.54, 1.807) is 12.1 Å². The molecule has 0 bridgehead atoms. The predicted octanol–water partition coefficient (Wildman–Crippen LogP) is 4.34. The molecule has 1 aliphatic rings. The zero-order valence-corrected chi connectivity index (χ0v) is 12.4. The molecule has 1 saturated carbocycles. The Bertz CT molecular complexity index is 512. The smallest absolute Gasteiger partial charge is 0.310 e. The number of rotatable bonds is 4. The van der Waals surface area contributed by atoms with Gasteiger partial charge in [-0.25, -0.2) is 0 Å². The van der Waals surface area contributed by atoms with Gasteiger partial charge in [-0.3, -0.25) is 10.1 Å². The molecule has 0 radical (unpaired) electrons. The highest BCUT2D eigenvalue weighted by Crippen LogP contribution is 2.68. The first-order valence-electron chi connectivity index (χ1n) is 6.36. The molecule has 5 heteroatoms. The average molecular weight is 283 g/mol. The molecule has 0 atom stereocenters. The van der Waals surface area contributed by atoms with Crippen molar-refractivity contribution in [2.75, 3.05) is 11.9 Å². The van der Waals surface area contributed by atoms with Gasteiger partial charge in [-0.15, -0.1) is 0 Å². The summed E-state index contributed by atoms with van der Waals surface area (Å²) in [6.45, 7) is 9.64. The maximum atomic E-state index is 11.0. The number of nitro groups is 1. The van der Waals surface area contributed by atoms with Crippen LogP contribution < -0.4 is 5.32 Å². The third kappa shape index (κ3) is 2.18.